The molecule has 0 spiro atoms. The SMILES string of the molecule is COc1c2ccc3cccc(c13)-c1cccc3ccc(c(OC)c13)CCCP(c1ccccc1)c1ccccc1P(c1ccccc1)CCC2. The molecule has 1 aliphatic rings. The molecule has 2 unspecified atom stereocenters. The van der Waals surface area contributed by atoms with Crippen molar-refractivity contribution < 1.29 is 9.47 Å². The normalized spacial score (nSPS) is 16.5. The van der Waals surface area contributed by atoms with Gasteiger partial charge in [-0.15, -0.1) is 0 Å². The van der Waals surface area contributed by atoms with Crippen LogP contribution in [0.1, 0.15) is 24.0 Å². The maximum Gasteiger partial charge on any atom is 0.130 e. The second kappa shape index (κ2) is 14.8. The van der Waals surface area contributed by atoms with Gasteiger partial charge in [0.15, 0.2) is 0 Å². The number of methoxy groups -OCH3 is 2. The van der Waals surface area contributed by atoms with Crippen molar-refractivity contribution in [2.24, 2.45) is 0 Å². The van der Waals surface area contributed by atoms with Gasteiger partial charge < -0.3 is 9.47 Å². The Kier molecular flexibility index (Phi) is 9.67. The first-order valence-electron chi connectivity index (χ1n) is 17.7. The summed E-state index contributed by atoms with van der Waals surface area (Å²) in [5.74, 6) is 1.98. The molecule has 2 nitrogen and oxygen atoms in total. The molecule has 1 heterocycles. The van der Waals surface area contributed by atoms with Crippen molar-refractivity contribution in [2.45, 2.75) is 25.7 Å². The van der Waals surface area contributed by atoms with E-state index in [0.717, 1.165) is 49.5 Å². The van der Waals surface area contributed by atoms with Crippen LogP contribution in [0.2, 0.25) is 0 Å². The lowest BCUT2D eigenvalue weighted by Crippen LogP contribution is -2.30. The Balaban J connectivity index is 1.34. The molecule has 4 bridgehead atoms. The van der Waals surface area contributed by atoms with Crippen molar-refractivity contribution in [1.82, 2.24) is 0 Å². The van der Waals surface area contributed by atoms with E-state index in [0.29, 0.717) is 0 Å². The molecule has 2 atom stereocenters. The molecule has 8 rings (SSSR count). The molecule has 50 heavy (non-hydrogen) atoms. The van der Waals surface area contributed by atoms with Gasteiger partial charge in [-0.2, -0.15) is 0 Å². The van der Waals surface area contributed by atoms with Crippen molar-refractivity contribution in [3.63, 3.8) is 0 Å². The number of rotatable bonds is 4. The van der Waals surface area contributed by atoms with Gasteiger partial charge >= 0.3 is 0 Å². The van der Waals surface area contributed by atoms with Gasteiger partial charge in [0.1, 0.15) is 11.5 Å². The van der Waals surface area contributed by atoms with Crippen molar-refractivity contribution in [2.75, 3.05) is 26.5 Å². The van der Waals surface area contributed by atoms with Crippen LogP contribution in [0.4, 0.5) is 0 Å². The summed E-state index contributed by atoms with van der Waals surface area (Å²) in [6.45, 7) is 0. The van der Waals surface area contributed by atoms with Gasteiger partial charge in [0, 0.05) is 10.8 Å². The van der Waals surface area contributed by atoms with Gasteiger partial charge in [-0.1, -0.05) is 146 Å². The minimum absolute atomic E-state index is 0.570. The van der Waals surface area contributed by atoms with Crippen LogP contribution in [-0.4, -0.2) is 26.5 Å². The summed E-state index contributed by atoms with van der Waals surface area (Å²) < 4.78 is 12.7. The van der Waals surface area contributed by atoms with E-state index in [4.69, 9.17) is 9.47 Å². The standard InChI is InChI=1S/C46H42O2P2/c1-47-45-35-17-13-31-49(37-19-5-3-6-20-37)41-25-9-10-26-42(41)50(38-21-7-4-8-22-38)32-14-18-36-30-28-34-16-12-24-40(44(34)46(36)48-2)39-23-11-15-33(27-29-35)43(39)45/h3-12,15-16,19-30H,13-14,17-18,31-32H2,1-2H3. The van der Waals surface area contributed by atoms with Gasteiger partial charge in [0.2, 0.25) is 0 Å². The number of aryl methyl sites for hydroxylation is 2. The van der Waals surface area contributed by atoms with Crippen molar-refractivity contribution >= 4 is 58.6 Å². The lowest BCUT2D eigenvalue weighted by Gasteiger charge is -2.27. The number of ether oxygens (including phenoxy) is 2. The number of hydrogen-bond acceptors (Lipinski definition) is 2. The first kappa shape index (κ1) is 32.7. The summed E-state index contributed by atoms with van der Waals surface area (Å²) in [4.78, 5) is 0. The monoisotopic (exact) mass is 688 g/mol. The van der Waals surface area contributed by atoms with Crippen molar-refractivity contribution in [3.05, 3.63) is 157 Å². The van der Waals surface area contributed by atoms with E-state index in [2.05, 4.69) is 146 Å². The molecule has 0 fully saturated rings. The van der Waals surface area contributed by atoms with E-state index in [1.807, 2.05) is 14.2 Å². The van der Waals surface area contributed by atoms with Crippen LogP contribution in [0.3, 0.4) is 0 Å². The summed E-state index contributed by atoms with van der Waals surface area (Å²) >= 11 is 0. The Morgan fingerprint density at radius 2 is 0.840 bits per heavy atom. The fourth-order valence-corrected chi connectivity index (χ4v) is 13.4. The van der Waals surface area contributed by atoms with Crippen LogP contribution in [0.15, 0.2) is 146 Å². The molecular formula is C46H42O2P2. The zero-order valence-electron chi connectivity index (χ0n) is 28.8. The molecule has 0 radical (unpaired) electrons. The third-order valence-electron chi connectivity index (χ3n) is 10.1. The predicted octanol–water partition coefficient (Wildman–Crippen LogP) is 10.1. The highest BCUT2D eigenvalue weighted by Gasteiger charge is 2.24. The minimum Gasteiger partial charge on any atom is -0.496 e. The molecule has 0 N–H and O–H groups in total. The van der Waals surface area contributed by atoms with Gasteiger partial charge in [-0.3, -0.25) is 0 Å². The first-order chi connectivity index (χ1) is 24.7. The maximum absolute atomic E-state index is 6.35. The topological polar surface area (TPSA) is 18.5 Å². The zero-order chi connectivity index (χ0) is 33.9. The Morgan fingerprint density at radius 3 is 1.26 bits per heavy atom. The Labute approximate surface area is 298 Å². The highest BCUT2D eigenvalue weighted by Crippen LogP contribution is 2.46. The molecule has 7 aromatic rings. The summed E-state index contributed by atoms with van der Waals surface area (Å²) in [6, 6.07) is 54.3. The maximum atomic E-state index is 6.35. The van der Waals surface area contributed by atoms with E-state index in [1.54, 1.807) is 0 Å². The van der Waals surface area contributed by atoms with Crippen LogP contribution >= 0.6 is 15.8 Å². The molecule has 248 valence electrons. The smallest absolute Gasteiger partial charge is 0.130 e. The summed E-state index contributed by atoms with van der Waals surface area (Å²) in [7, 11) is 2.53. The molecule has 7 aromatic carbocycles. The second-order valence-electron chi connectivity index (χ2n) is 13.0. The molecule has 0 saturated carbocycles. The molecule has 0 aromatic heterocycles. The van der Waals surface area contributed by atoms with E-state index in [1.165, 1.54) is 65.0 Å². The quantitative estimate of drug-likeness (QED) is 0.172. The average Bonchev–Trinajstić information content (AvgIpc) is 3.18. The molecule has 4 heteroatoms. The lowest BCUT2D eigenvalue weighted by molar-refractivity contribution is 0.414. The predicted molar refractivity (Wildman–Crippen MR) is 218 cm³/mol. The summed E-state index contributed by atoms with van der Waals surface area (Å²) in [6.07, 6.45) is 6.31. The molecule has 0 amide bonds. The summed E-state index contributed by atoms with van der Waals surface area (Å²) in [5.41, 5.74) is 4.92. The van der Waals surface area contributed by atoms with E-state index in [-0.39, 0.29) is 0 Å². The Bertz CT molecular complexity index is 2100. The van der Waals surface area contributed by atoms with Crippen LogP contribution in [0.25, 0.3) is 32.7 Å². The van der Waals surface area contributed by atoms with Crippen LogP contribution < -0.4 is 30.7 Å². The van der Waals surface area contributed by atoms with E-state index >= 15 is 0 Å². The van der Waals surface area contributed by atoms with E-state index in [9.17, 15) is 0 Å². The largest absolute Gasteiger partial charge is 0.496 e. The first-order valence-corrected chi connectivity index (χ1v) is 20.7. The van der Waals surface area contributed by atoms with Crippen LogP contribution in [0, 0.1) is 0 Å². The average molecular weight is 689 g/mol. The Hall–Kier alpha value is -4.48. The number of hydrogen-bond donors (Lipinski definition) is 0. The molecule has 0 aliphatic carbocycles. The minimum atomic E-state index is -0.570. The fourth-order valence-electron chi connectivity index (χ4n) is 7.86. The third-order valence-corrected chi connectivity index (χ3v) is 15.6. The Morgan fingerprint density at radius 1 is 0.420 bits per heavy atom. The van der Waals surface area contributed by atoms with Gasteiger partial charge in [-0.25, -0.2) is 0 Å². The van der Waals surface area contributed by atoms with Crippen LogP contribution in [-0.2, 0) is 12.8 Å². The number of benzene rings is 7. The van der Waals surface area contributed by atoms with E-state index < -0.39 is 15.8 Å². The van der Waals surface area contributed by atoms with Gasteiger partial charge in [0.05, 0.1) is 14.2 Å². The van der Waals surface area contributed by atoms with Gasteiger partial charge in [-0.05, 0) is 108 Å². The second-order valence-corrected chi connectivity index (χ2v) is 17.6. The van der Waals surface area contributed by atoms with Gasteiger partial charge in [0.25, 0.3) is 0 Å². The third kappa shape index (κ3) is 6.21. The van der Waals surface area contributed by atoms with Crippen molar-refractivity contribution in [3.8, 4) is 22.6 Å². The van der Waals surface area contributed by atoms with Crippen molar-refractivity contribution in [1.29, 1.82) is 0 Å². The zero-order valence-corrected chi connectivity index (χ0v) is 30.6. The lowest BCUT2D eigenvalue weighted by atomic mass is 9.90. The fraction of sp³-hybridized carbons (Fsp3) is 0.174. The highest BCUT2D eigenvalue weighted by molar-refractivity contribution is 7.79. The molecule has 1 aliphatic heterocycles. The van der Waals surface area contributed by atoms with Crippen LogP contribution in [0.5, 0.6) is 11.5 Å². The highest BCUT2D eigenvalue weighted by atomic mass is 31.1. The number of fused-ring (bicyclic) bond motifs is 4. The molecule has 0 saturated heterocycles. The molecular weight excluding hydrogens is 646 g/mol. The summed E-state index contributed by atoms with van der Waals surface area (Å²) in [5, 5.41) is 10.7.